The highest BCUT2D eigenvalue weighted by atomic mass is 19.3. The second kappa shape index (κ2) is 8.57. The summed E-state index contributed by atoms with van der Waals surface area (Å²) < 4.78 is 38.4. The van der Waals surface area contributed by atoms with Gasteiger partial charge in [0, 0.05) is 11.8 Å². The van der Waals surface area contributed by atoms with Crippen LogP contribution in [0.15, 0.2) is 24.3 Å². The Hall–Kier alpha value is -3.24. The zero-order valence-electron chi connectivity index (χ0n) is 13.3. The van der Waals surface area contributed by atoms with Gasteiger partial charge in [0.1, 0.15) is 5.75 Å². The number of anilines is 1. The number of amides is 2. The van der Waals surface area contributed by atoms with Gasteiger partial charge in [0.05, 0.1) is 20.8 Å². The van der Waals surface area contributed by atoms with Crippen LogP contribution in [-0.4, -0.2) is 41.8 Å². The fourth-order valence-corrected chi connectivity index (χ4v) is 1.72. The molecule has 1 aromatic carbocycles. The zero-order valence-corrected chi connectivity index (χ0v) is 13.3. The van der Waals surface area contributed by atoms with Crippen LogP contribution in [0.1, 0.15) is 5.82 Å². The van der Waals surface area contributed by atoms with E-state index in [9.17, 15) is 13.6 Å². The van der Waals surface area contributed by atoms with Crippen molar-refractivity contribution in [1.82, 2.24) is 20.3 Å². The van der Waals surface area contributed by atoms with E-state index in [4.69, 9.17) is 9.47 Å². The van der Waals surface area contributed by atoms with E-state index in [1.54, 1.807) is 0 Å². The molecule has 1 aromatic heterocycles. The van der Waals surface area contributed by atoms with Gasteiger partial charge in [-0.25, -0.2) is 4.79 Å². The van der Waals surface area contributed by atoms with E-state index in [0.717, 1.165) is 0 Å². The van der Waals surface area contributed by atoms with E-state index in [1.165, 1.54) is 38.5 Å². The molecule has 2 N–H and O–H groups in total. The Morgan fingerprint density at radius 3 is 2.44 bits per heavy atom. The summed E-state index contributed by atoms with van der Waals surface area (Å²) in [7, 11) is 2.76. The van der Waals surface area contributed by atoms with Gasteiger partial charge in [-0.05, 0) is 12.1 Å². The molecule has 2 aromatic rings. The highest BCUT2D eigenvalue weighted by molar-refractivity contribution is 5.89. The molecule has 0 spiro atoms. The van der Waals surface area contributed by atoms with Crippen LogP contribution in [0, 0.1) is 0 Å². The fourth-order valence-electron chi connectivity index (χ4n) is 1.72. The lowest BCUT2D eigenvalue weighted by Crippen LogP contribution is -2.29. The predicted octanol–water partition coefficient (Wildman–Crippen LogP) is 1.81. The van der Waals surface area contributed by atoms with Crippen molar-refractivity contribution >= 4 is 11.7 Å². The maximum Gasteiger partial charge on any atom is 0.387 e. The number of hydrogen-bond donors (Lipinski definition) is 2. The van der Waals surface area contributed by atoms with Gasteiger partial charge in [-0.3, -0.25) is 0 Å². The van der Waals surface area contributed by atoms with E-state index in [2.05, 4.69) is 30.3 Å². The number of carbonyl (C=O) groups is 1. The summed E-state index contributed by atoms with van der Waals surface area (Å²) in [6.07, 6.45) is 0. The van der Waals surface area contributed by atoms with Crippen LogP contribution in [0.25, 0.3) is 0 Å². The van der Waals surface area contributed by atoms with E-state index in [1.807, 2.05) is 0 Å². The number of halogens is 2. The Kier molecular flexibility index (Phi) is 6.20. The van der Waals surface area contributed by atoms with Crippen LogP contribution >= 0.6 is 0 Å². The van der Waals surface area contributed by atoms with Crippen molar-refractivity contribution in [1.29, 1.82) is 0 Å². The molecule has 0 radical (unpaired) electrons. The number of rotatable bonds is 7. The van der Waals surface area contributed by atoms with E-state index < -0.39 is 12.6 Å². The van der Waals surface area contributed by atoms with Crippen molar-refractivity contribution in [2.45, 2.75) is 13.2 Å². The number of carbonyl (C=O) groups excluding carboxylic acids is 1. The second-order valence-electron chi connectivity index (χ2n) is 4.44. The van der Waals surface area contributed by atoms with Gasteiger partial charge in [0.2, 0.25) is 0 Å². The summed E-state index contributed by atoms with van der Waals surface area (Å²) in [5, 5.41) is 4.98. The number of ether oxygens (including phenoxy) is 3. The summed E-state index contributed by atoms with van der Waals surface area (Å²) in [5.41, 5.74) is 0.279. The summed E-state index contributed by atoms with van der Waals surface area (Å²) in [5.74, 6) is 0.147. The monoisotopic (exact) mass is 355 g/mol. The molecular formula is C14H15F2N5O4. The minimum absolute atomic E-state index is 0.0334. The summed E-state index contributed by atoms with van der Waals surface area (Å²) in [4.78, 5) is 23.6. The van der Waals surface area contributed by atoms with Crippen LogP contribution in [0.3, 0.4) is 0 Å². The zero-order chi connectivity index (χ0) is 18.2. The van der Waals surface area contributed by atoms with Crippen molar-refractivity contribution < 1.29 is 27.8 Å². The molecule has 0 bridgehead atoms. The number of urea groups is 1. The van der Waals surface area contributed by atoms with E-state index >= 15 is 0 Å². The number of nitrogens with one attached hydrogen (secondary N) is 2. The van der Waals surface area contributed by atoms with Crippen molar-refractivity contribution in [2.24, 2.45) is 0 Å². The minimum atomic E-state index is -2.95. The summed E-state index contributed by atoms with van der Waals surface area (Å²) in [6, 6.07) is 5.09. The normalized spacial score (nSPS) is 10.3. The first-order valence-corrected chi connectivity index (χ1v) is 6.93. The number of nitrogens with zero attached hydrogens (tertiary/aromatic N) is 3. The van der Waals surface area contributed by atoms with E-state index in [-0.39, 0.29) is 35.8 Å². The maximum absolute atomic E-state index is 12.2. The number of methoxy groups -OCH3 is 2. The standard InChI is InChI=1S/C14H15F2N5O4/c1-23-13-19-10(20-14(21-13)24-2)7-17-12(22)18-8-4-3-5-9(6-8)25-11(15)16/h3-6,11H,7H2,1-2H3,(H2,17,18,22). The first kappa shape index (κ1) is 18.1. The molecule has 0 atom stereocenters. The third-order valence-corrected chi connectivity index (χ3v) is 2.73. The highest BCUT2D eigenvalue weighted by Gasteiger charge is 2.10. The fraction of sp³-hybridized carbons (Fsp3) is 0.286. The molecule has 9 nitrogen and oxygen atoms in total. The lowest BCUT2D eigenvalue weighted by molar-refractivity contribution is -0.0497. The molecule has 2 rings (SSSR count). The topological polar surface area (TPSA) is 107 Å². The molecule has 25 heavy (non-hydrogen) atoms. The Morgan fingerprint density at radius 1 is 1.16 bits per heavy atom. The average Bonchev–Trinajstić information content (AvgIpc) is 2.59. The Balaban J connectivity index is 1.95. The third kappa shape index (κ3) is 5.71. The molecule has 0 unspecified atom stereocenters. The Labute approximate surface area is 141 Å². The van der Waals surface area contributed by atoms with Crippen molar-refractivity contribution in [2.75, 3.05) is 19.5 Å². The van der Waals surface area contributed by atoms with Crippen LogP contribution in [0.2, 0.25) is 0 Å². The summed E-state index contributed by atoms with van der Waals surface area (Å²) in [6.45, 7) is -2.98. The first-order chi connectivity index (χ1) is 12.0. The van der Waals surface area contributed by atoms with Gasteiger partial charge in [-0.2, -0.15) is 18.7 Å². The van der Waals surface area contributed by atoms with Gasteiger partial charge < -0.3 is 24.8 Å². The van der Waals surface area contributed by atoms with Crippen LogP contribution in [0.5, 0.6) is 17.8 Å². The average molecular weight is 355 g/mol. The Bertz CT molecular complexity index is 710. The molecular weight excluding hydrogens is 340 g/mol. The molecule has 134 valence electrons. The molecule has 0 aliphatic heterocycles. The number of benzene rings is 1. The lowest BCUT2D eigenvalue weighted by atomic mass is 10.3. The molecule has 0 aliphatic rings. The van der Waals surface area contributed by atoms with Gasteiger partial charge in [0.15, 0.2) is 5.82 Å². The first-order valence-electron chi connectivity index (χ1n) is 6.93. The van der Waals surface area contributed by atoms with Gasteiger partial charge >= 0.3 is 24.7 Å². The van der Waals surface area contributed by atoms with E-state index in [0.29, 0.717) is 0 Å². The summed E-state index contributed by atoms with van der Waals surface area (Å²) >= 11 is 0. The SMILES string of the molecule is COc1nc(CNC(=O)Nc2cccc(OC(F)F)c2)nc(OC)n1. The Morgan fingerprint density at radius 2 is 1.84 bits per heavy atom. The number of hydrogen-bond acceptors (Lipinski definition) is 7. The molecule has 0 saturated heterocycles. The van der Waals surface area contributed by atoms with Crippen molar-refractivity contribution in [3.8, 4) is 17.8 Å². The molecule has 11 heteroatoms. The number of aromatic nitrogens is 3. The quantitative estimate of drug-likeness (QED) is 0.780. The maximum atomic E-state index is 12.2. The molecule has 0 saturated carbocycles. The van der Waals surface area contributed by atoms with Crippen LogP contribution in [-0.2, 0) is 6.54 Å². The van der Waals surface area contributed by atoms with Crippen molar-refractivity contribution in [3.63, 3.8) is 0 Å². The molecule has 0 fully saturated rings. The van der Waals surface area contributed by atoms with Gasteiger partial charge in [-0.15, -0.1) is 4.98 Å². The lowest BCUT2D eigenvalue weighted by Gasteiger charge is -2.10. The predicted molar refractivity (Wildman–Crippen MR) is 81.9 cm³/mol. The van der Waals surface area contributed by atoms with Crippen molar-refractivity contribution in [3.05, 3.63) is 30.1 Å². The molecule has 2 amide bonds. The molecule has 0 aliphatic carbocycles. The van der Waals surface area contributed by atoms with Gasteiger partial charge in [-0.1, -0.05) is 6.07 Å². The smallest absolute Gasteiger partial charge is 0.387 e. The third-order valence-electron chi connectivity index (χ3n) is 2.73. The molecule has 1 heterocycles. The van der Waals surface area contributed by atoms with Crippen LogP contribution < -0.4 is 24.8 Å². The van der Waals surface area contributed by atoms with Gasteiger partial charge in [0.25, 0.3) is 0 Å². The second-order valence-corrected chi connectivity index (χ2v) is 4.44. The minimum Gasteiger partial charge on any atom is -0.467 e. The highest BCUT2D eigenvalue weighted by Crippen LogP contribution is 2.19. The van der Waals surface area contributed by atoms with Crippen LogP contribution in [0.4, 0.5) is 19.3 Å². The number of alkyl halides is 2. The largest absolute Gasteiger partial charge is 0.467 e.